The molecule has 0 amide bonds. The first kappa shape index (κ1) is 33.3. The van der Waals surface area contributed by atoms with Gasteiger partial charge in [0.1, 0.15) is 5.00 Å². The maximum absolute atomic E-state index is 13.1. The predicted molar refractivity (Wildman–Crippen MR) is 151 cm³/mol. The molecular weight excluding hydrogens is 515 g/mol. The summed E-state index contributed by atoms with van der Waals surface area (Å²) in [4.78, 5) is 10.3. The molecule has 3 aromatic rings. The van der Waals surface area contributed by atoms with Crippen molar-refractivity contribution in [1.29, 1.82) is 0 Å². The molecule has 3 rings (SSSR count). The standard InChI is InChI=1S/C22H30F3N7OS.2C2H6/c1-6-15(8-26-5)17-9-27-20-19(28-14(2)10-32(17)20)29-18-7-16(30-34-18)11-31(12-22(23,24)25)21(3,4)13-33;2*1-2/h7-10,26,33H,6,11-13H2,1-5H3,(H,28,29);2*1-2H3/b15-8+;;. The van der Waals surface area contributed by atoms with Crippen molar-refractivity contribution in [3.63, 3.8) is 0 Å². The van der Waals surface area contributed by atoms with Crippen LogP contribution >= 0.6 is 11.5 Å². The van der Waals surface area contributed by atoms with Gasteiger partial charge in [-0.05, 0) is 50.4 Å². The Hall–Kier alpha value is -2.70. The maximum Gasteiger partial charge on any atom is 0.401 e. The van der Waals surface area contributed by atoms with E-state index in [-0.39, 0.29) is 6.54 Å². The monoisotopic (exact) mass is 557 g/mol. The van der Waals surface area contributed by atoms with Gasteiger partial charge in [0.05, 0.1) is 36.4 Å². The highest BCUT2D eigenvalue weighted by atomic mass is 32.1. The first-order valence-electron chi connectivity index (χ1n) is 12.8. The number of halogens is 3. The molecule has 0 radical (unpaired) electrons. The lowest BCUT2D eigenvalue weighted by Gasteiger charge is -2.37. The van der Waals surface area contributed by atoms with Gasteiger partial charge in [-0.25, -0.2) is 9.97 Å². The van der Waals surface area contributed by atoms with Gasteiger partial charge in [-0.2, -0.15) is 17.5 Å². The zero-order valence-corrected chi connectivity index (χ0v) is 24.7. The quantitative estimate of drug-likeness (QED) is 0.266. The van der Waals surface area contributed by atoms with Crippen molar-refractivity contribution in [2.24, 2.45) is 0 Å². The highest BCUT2D eigenvalue weighted by Crippen LogP contribution is 2.29. The molecule has 38 heavy (non-hydrogen) atoms. The Balaban J connectivity index is 0.00000172. The number of rotatable bonds is 10. The number of anilines is 2. The van der Waals surface area contributed by atoms with Crippen molar-refractivity contribution >= 4 is 33.6 Å². The summed E-state index contributed by atoms with van der Waals surface area (Å²) in [5.41, 5.74) is 2.85. The number of hydrogen-bond donors (Lipinski definition) is 3. The Morgan fingerprint density at radius 1 is 1.21 bits per heavy atom. The third kappa shape index (κ3) is 8.95. The van der Waals surface area contributed by atoms with Gasteiger partial charge in [0, 0.05) is 31.5 Å². The van der Waals surface area contributed by atoms with Crippen molar-refractivity contribution in [3.8, 4) is 0 Å². The van der Waals surface area contributed by atoms with Crippen molar-refractivity contribution < 1.29 is 18.3 Å². The zero-order chi connectivity index (χ0) is 29.1. The topological polar surface area (TPSA) is 90.6 Å². The molecule has 8 nitrogen and oxygen atoms in total. The summed E-state index contributed by atoms with van der Waals surface area (Å²) in [6, 6.07) is 1.70. The van der Waals surface area contributed by atoms with E-state index in [9.17, 15) is 18.3 Å². The smallest absolute Gasteiger partial charge is 0.394 e. The van der Waals surface area contributed by atoms with Gasteiger partial charge in [-0.15, -0.1) is 0 Å². The van der Waals surface area contributed by atoms with Crippen LogP contribution < -0.4 is 10.6 Å². The minimum atomic E-state index is -4.39. The van der Waals surface area contributed by atoms with E-state index in [2.05, 4.69) is 31.9 Å². The molecule has 0 aromatic carbocycles. The van der Waals surface area contributed by atoms with Gasteiger partial charge in [0.2, 0.25) is 0 Å². The SMILES string of the molecule is CC.CC.CC/C(=C\NC)c1cnc2c(Nc3cc(CN(CC(F)(F)F)C(C)(C)CO)ns3)nc(C)cn12. The highest BCUT2D eigenvalue weighted by Gasteiger charge is 2.37. The fraction of sp³-hybridized carbons (Fsp3) is 0.577. The average Bonchev–Trinajstić information content (AvgIpc) is 3.50. The summed E-state index contributed by atoms with van der Waals surface area (Å²) in [6.07, 6.45) is 2.06. The number of aliphatic hydroxyl groups excluding tert-OH is 1. The Morgan fingerprint density at radius 2 is 1.87 bits per heavy atom. The van der Waals surface area contributed by atoms with E-state index in [1.54, 1.807) is 26.1 Å². The zero-order valence-electron chi connectivity index (χ0n) is 23.9. The van der Waals surface area contributed by atoms with Crippen LogP contribution in [0.1, 0.15) is 72.0 Å². The Morgan fingerprint density at radius 3 is 2.42 bits per heavy atom. The lowest BCUT2D eigenvalue weighted by atomic mass is 10.0. The molecule has 0 spiro atoms. The number of allylic oxidation sites excluding steroid dienone is 1. The summed E-state index contributed by atoms with van der Waals surface area (Å²) in [6.45, 7) is 13.5. The first-order chi connectivity index (χ1) is 18.0. The molecule has 0 bridgehead atoms. The van der Waals surface area contributed by atoms with Crippen LogP contribution in [0.5, 0.6) is 0 Å². The van der Waals surface area contributed by atoms with E-state index < -0.39 is 24.9 Å². The van der Waals surface area contributed by atoms with Crippen LogP contribution in [-0.2, 0) is 6.54 Å². The van der Waals surface area contributed by atoms with E-state index >= 15 is 0 Å². The molecule has 214 valence electrons. The van der Waals surface area contributed by atoms with Crippen molar-refractivity contribution in [2.45, 2.75) is 80.1 Å². The minimum absolute atomic E-state index is 0.0515. The maximum atomic E-state index is 13.1. The molecule has 12 heteroatoms. The van der Waals surface area contributed by atoms with Crippen molar-refractivity contribution in [1.82, 2.24) is 29.0 Å². The second-order valence-corrected chi connectivity index (χ2v) is 9.43. The number of imidazole rings is 1. The minimum Gasteiger partial charge on any atom is -0.394 e. The average molecular weight is 558 g/mol. The van der Waals surface area contributed by atoms with Crippen molar-refractivity contribution in [2.75, 3.05) is 25.5 Å². The number of fused-ring (bicyclic) bond motifs is 1. The van der Waals surface area contributed by atoms with Crippen LogP contribution in [0.3, 0.4) is 0 Å². The lowest BCUT2D eigenvalue weighted by Crippen LogP contribution is -2.50. The van der Waals surface area contributed by atoms with Crippen LogP contribution in [0.15, 0.2) is 24.7 Å². The number of nitrogens with one attached hydrogen (secondary N) is 2. The van der Waals surface area contributed by atoms with Crippen LogP contribution in [-0.4, -0.2) is 60.7 Å². The summed E-state index contributed by atoms with van der Waals surface area (Å²) in [5.74, 6) is 0.532. The first-order valence-corrected chi connectivity index (χ1v) is 13.6. The third-order valence-electron chi connectivity index (χ3n) is 5.41. The highest BCUT2D eigenvalue weighted by molar-refractivity contribution is 7.10. The van der Waals surface area contributed by atoms with Gasteiger partial charge in [-0.3, -0.25) is 9.30 Å². The Labute approximate surface area is 228 Å². The molecule has 0 aliphatic carbocycles. The number of hydrogen-bond acceptors (Lipinski definition) is 8. The van der Waals surface area contributed by atoms with Gasteiger partial charge < -0.3 is 15.7 Å². The van der Waals surface area contributed by atoms with Gasteiger partial charge in [0.15, 0.2) is 11.5 Å². The molecule has 3 heterocycles. The fourth-order valence-electron chi connectivity index (χ4n) is 3.52. The molecule has 0 saturated carbocycles. The number of alkyl halides is 3. The number of aromatic nitrogens is 4. The third-order valence-corrected chi connectivity index (χ3v) is 6.15. The molecule has 3 aromatic heterocycles. The normalized spacial score (nSPS) is 12.1. The van der Waals surface area contributed by atoms with E-state index in [4.69, 9.17) is 0 Å². The largest absolute Gasteiger partial charge is 0.401 e. The van der Waals surface area contributed by atoms with E-state index in [1.165, 1.54) is 4.90 Å². The van der Waals surface area contributed by atoms with Gasteiger partial charge in [-0.1, -0.05) is 34.6 Å². The van der Waals surface area contributed by atoms with Gasteiger partial charge in [0.25, 0.3) is 0 Å². The van der Waals surface area contributed by atoms with Crippen LogP contribution in [0.2, 0.25) is 0 Å². The molecule has 0 saturated heterocycles. The summed E-state index contributed by atoms with van der Waals surface area (Å²) in [7, 11) is 1.84. The van der Waals surface area contributed by atoms with E-state index in [1.807, 2.05) is 58.5 Å². The molecule has 0 aliphatic heterocycles. The molecule has 0 unspecified atom stereocenters. The van der Waals surface area contributed by atoms with E-state index in [0.29, 0.717) is 22.2 Å². The van der Waals surface area contributed by atoms with Crippen molar-refractivity contribution in [3.05, 3.63) is 41.7 Å². The molecule has 0 aliphatic rings. The molecule has 3 N–H and O–H groups in total. The molecule has 0 fully saturated rings. The molecule has 0 atom stereocenters. The number of aliphatic hydroxyl groups is 1. The summed E-state index contributed by atoms with van der Waals surface area (Å²) < 4.78 is 45.6. The van der Waals surface area contributed by atoms with Crippen LogP contribution in [0.4, 0.5) is 24.0 Å². The predicted octanol–water partition coefficient (Wildman–Crippen LogP) is 6.40. The Kier molecular flexibility index (Phi) is 13.2. The summed E-state index contributed by atoms with van der Waals surface area (Å²) >= 11 is 1.13. The summed E-state index contributed by atoms with van der Waals surface area (Å²) in [5, 5.41) is 16.5. The second-order valence-electron chi connectivity index (χ2n) is 8.63. The van der Waals surface area contributed by atoms with Crippen LogP contribution in [0, 0.1) is 6.92 Å². The number of nitrogens with zero attached hydrogens (tertiary/aromatic N) is 5. The lowest BCUT2D eigenvalue weighted by molar-refractivity contribution is -0.162. The van der Waals surface area contributed by atoms with Crippen LogP contribution in [0.25, 0.3) is 11.2 Å². The van der Waals surface area contributed by atoms with Gasteiger partial charge >= 0.3 is 6.18 Å². The Bertz CT molecular complexity index is 1160. The number of aryl methyl sites for hydroxylation is 1. The molecular formula is C26H42F3N7OS. The fourth-order valence-corrected chi connectivity index (χ4v) is 4.18. The second kappa shape index (κ2) is 15.0. The van der Waals surface area contributed by atoms with E-state index in [0.717, 1.165) is 34.9 Å².